The smallest absolute Gasteiger partial charge is 0.180 e. The zero-order valence-electron chi connectivity index (χ0n) is 13.2. The third-order valence-electron chi connectivity index (χ3n) is 3.24. The highest BCUT2D eigenvalue weighted by molar-refractivity contribution is 5.48. The number of hydrogen-bond donors (Lipinski definition) is 1. The highest BCUT2D eigenvalue weighted by Crippen LogP contribution is 2.22. The van der Waals surface area contributed by atoms with Crippen molar-refractivity contribution in [2.45, 2.75) is 40.2 Å². The largest absolute Gasteiger partial charge is 0.482 e. The minimum absolute atomic E-state index is 0.413. The van der Waals surface area contributed by atoms with Gasteiger partial charge in [-0.25, -0.2) is 9.97 Å². The van der Waals surface area contributed by atoms with E-state index in [1.165, 1.54) is 0 Å². The summed E-state index contributed by atoms with van der Waals surface area (Å²) in [5, 5.41) is 7.68. The van der Waals surface area contributed by atoms with Gasteiger partial charge in [0.25, 0.3) is 0 Å². The van der Waals surface area contributed by atoms with Crippen molar-refractivity contribution < 1.29 is 4.74 Å². The van der Waals surface area contributed by atoms with Gasteiger partial charge >= 0.3 is 0 Å². The molecule has 1 N–H and O–H groups in total. The molecule has 21 heavy (non-hydrogen) atoms. The zero-order chi connectivity index (χ0) is 15.2. The Kier molecular flexibility index (Phi) is 5.14. The molecule has 2 aromatic heterocycles. The molecule has 0 aromatic carbocycles. The van der Waals surface area contributed by atoms with E-state index < -0.39 is 0 Å². The fourth-order valence-corrected chi connectivity index (χ4v) is 1.93. The predicted molar refractivity (Wildman–Crippen MR) is 82.4 cm³/mol. The SMILES string of the molecule is CCCCNc1nc(C)ncc1OCc1cc(C)n(C)n1. The van der Waals surface area contributed by atoms with Crippen LogP contribution in [0.2, 0.25) is 0 Å². The lowest BCUT2D eigenvalue weighted by Crippen LogP contribution is -2.08. The number of aryl methyl sites for hydroxylation is 3. The molecule has 2 rings (SSSR count). The molecule has 0 unspecified atom stereocenters. The molecule has 0 bridgehead atoms. The molecule has 0 atom stereocenters. The molecule has 0 amide bonds. The van der Waals surface area contributed by atoms with Gasteiger partial charge in [-0.2, -0.15) is 5.10 Å². The second-order valence-corrected chi connectivity index (χ2v) is 5.10. The summed E-state index contributed by atoms with van der Waals surface area (Å²) in [5.41, 5.74) is 2.00. The normalized spacial score (nSPS) is 10.7. The average Bonchev–Trinajstić information content (AvgIpc) is 2.77. The number of unbranched alkanes of at least 4 members (excludes halogenated alkanes) is 1. The van der Waals surface area contributed by atoms with Gasteiger partial charge in [-0.05, 0) is 26.3 Å². The molecule has 0 aliphatic rings. The van der Waals surface area contributed by atoms with Crippen molar-refractivity contribution in [3.63, 3.8) is 0 Å². The minimum Gasteiger partial charge on any atom is -0.482 e. The van der Waals surface area contributed by atoms with E-state index in [2.05, 4.69) is 27.3 Å². The topological polar surface area (TPSA) is 64.9 Å². The summed E-state index contributed by atoms with van der Waals surface area (Å²) >= 11 is 0. The van der Waals surface area contributed by atoms with E-state index in [9.17, 15) is 0 Å². The third-order valence-corrected chi connectivity index (χ3v) is 3.24. The Labute approximate surface area is 125 Å². The van der Waals surface area contributed by atoms with Crippen LogP contribution in [-0.4, -0.2) is 26.3 Å². The van der Waals surface area contributed by atoms with Crippen LogP contribution in [0.3, 0.4) is 0 Å². The Morgan fingerprint density at radius 2 is 2.14 bits per heavy atom. The minimum atomic E-state index is 0.413. The molecule has 0 aliphatic heterocycles. The van der Waals surface area contributed by atoms with Crippen molar-refractivity contribution in [2.24, 2.45) is 7.05 Å². The molecule has 0 spiro atoms. The van der Waals surface area contributed by atoms with Crippen LogP contribution in [0.25, 0.3) is 0 Å². The van der Waals surface area contributed by atoms with E-state index in [-0.39, 0.29) is 0 Å². The summed E-state index contributed by atoms with van der Waals surface area (Å²) in [6, 6.07) is 2.01. The Morgan fingerprint density at radius 3 is 2.81 bits per heavy atom. The van der Waals surface area contributed by atoms with Crippen LogP contribution < -0.4 is 10.1 Å². The van der Waals surface area contributed by atoms with Gasteiger partial charge in [0.1, 0.15) is 18.1 Å². The van der Waals surface area contributed by atoms with Crippen molar-refractivity contribution in [1.82, 2.24) is 19.7 Å². The Morgan fingerprint density at radius 1 is 1.33 bits per heavy atom. The van der Waals surface area contributed by atoms with E-state index in [4.69, 9.17) is 4.74 Å². The van der Waals surface area contributed by atoms with Gasteiger partial charge in [0.15, 0.2) is 11.6 Å². The van der Waals surface area contributed by atoms with Crippen molar-refractivity contribution in [3.05, 3.63) is 29.5 Å². The number of anilines is 1. The van der Waals surface area contributed by atoms with Crippen LogP contribution in [0, 0.1) is 13.8 Å². The second kappa shape index (κ2) is 7.06. The maximum absolute atomic E-state index is 5.81. The van der Waals surface area contributed by atoms with Gasteiger partial charge in [0, 0.05) is 19.3 Å². The van der Waals surface area contributed by atoms with Crippen LogP contribution in [-0.2, 0) is 13.7 Å². The molecular formula is C15H23N5O. The highest BCUT2D eigenvalue weighted by Gasteiger charge is 2.08. The lowest BCUT2D eigenvalue weighted by Gasteiger charge is -2.11. The first-order valence-electron chi connectivity index (χ1n) is 7.30. The van der Waals surface area contributed by atoms with Gasteiger partial charge in [0.2, 0.25) is 0 Å². The quantitative estimate of drug-likeness (QED) is 0.794. The van der Waals surface area contributed by atoms with Crippen LogP contribution in [0.1, 0.15) is 37.0 Å². The predicted octanol–water partition coefficient (Wildman–Crippen LogP) is 2.62. The molecular weight excluding hydrogens is 266 g/mol. The van der Waals surface area contributed by atoms with Crippen molar-refractivity contribution in [1.29, 1.82) is 0 Å². The van der Waals surface area contributed by atoms with Gasteiger partial charge in [-0.3, -0.25) is 4.68 Å². The van der Waals surface area contributed by atoms with Crippen LogP contribution >= 0.6 is 0 Å². The van der Waals surface area contributed by atoms with Gasteiger partial charge in [0.05, 0.1) is 6.20 Å². The molecule has 2 heterocycles. The summed E-state index contributed by atoms with van der Waals surface area (Å²) in [6.45, 7) is 7.34. The first-order chi connectivity index (χ1) is 10.1. The fraction of sp³-hybridized carbons (Fsp3) is 0.533. The first kappa shape index (κ1) is 15.3. The first-order valence-corrected chi connectivity index (χ1v) is 7.30. The second-order valence-electron chi connectivity index (χ2n) is 5.10. The molecule has 2 aromatic rings. The number of hydrogen-bond acceptors (Lipinski definition) is 5. The van der Waals surface area contributed by atoms with Crippen LogP contribution in [0.4, 0.5) is 5.82 Å². The summed E-state index contributed by atoms with van der Waals surface area (Å²) < 4.78 is 7.65. The van der Waals surface area contributed by atoms with E-state index in [1.54, 1.807) is 6.20 Å². The van der Waals surface area contributed by atoms with E-state index >= 15 is 0 Å². The van der Waals surface area contributed by atoms with E-state index in [0.717, 1.165) is 42.4 Å². The summed E-state index contributed by atoms with van der Waals surface area (Å²) in [5.74, 6) is 2.15. The number of ether oxygens (including phenoxy) is 1. The van der Waals surface area contributed by atoms with E-state index in [1.807, 2.05) is 31.6 Å². The Hall–Kier alpha value is -2.11. The monoisotopic (exact) mass is 289 g/mol. The summed E-state index contributed by atoms with van der Waals surface area (Å²) in [4.78, 5) is 8.61. The lowest BCUT2D eigenvalue weighted by molar-refractivity contribution is 0.299. The van der Waals surface area contributed by atoms with Gasteiger partial charge in [-0.15, -0.1) is 0 Å². The maximum Gasteiger partial charge on any atom is 0.180 e. The highest BCUT2D eigenvalue weighted by atomic mass is 16.5. The molecule has 0 saturated carbocycles. The maximum atomic E-state index is 5.81. The molecule has 0 radical (unpaired) electrons. The Balaban J connectivity index is 2.04. The average molecular weight is 289 g/mol. The molecule has 114 valence electrons. The molecule has 0 fully saturated rings. The fourth-order valence-electron chi connectivity index (χ4n) is 1.93. The molecule has 0 aliphatic carbocycles. The van der Waals surface area contributed by atoms with Crippen molar-refractivity contribution in [3.8, 4) is 5.75 Å². The number of nitrogens with one attached hydrogen (secondary N) is 1. The molecule has 6 heteroatoms. The number of aromatic nitrogens is 4. The molecule has 6 nitrogen and oxygen atoms in total. The molecule has 0 saturated heterocycles. The standard InChI is InChI=1S/C15H23N5O/c1-5-6-7-16-15-14(9-17-12(3)18-15)21-10-13-8-11(2)20(4)19-13/h8-9H,5-7,10H2,1-4H3,(H,16,17,18). The third kappa shape index (κ3) is 4.18. The van der Waals surface area contributed by atoms with E-state index in [0.29, 0.717) is 12.4 Å². The van der Waals surface area contributed by atoms with Crippen molar-refractivity contribution in [2.75, 3.05) is 11.9 Å². The van der Waals surface area contributed by atoms with Crippen LogP contribution in [0.5, 0.6) is 5.75 Å². The lowest BCUT2D eigenvalue weighted by atomic mass is 10.3. The van der Waals surface area contributed by atoms with Gasteiger partial charge in [-0.1, -0.05) is 13.3 Å². The summed E-state index contributed by atoms with van der Waals surface area (Å²) in [6.07, 6.45) is 3.95. The Bertz CT molecular complexity index is 574. The summed E-state index contributed by atoms with van der Waals surface area (Å²) in [7, 11) is 1.92. The zero-order valence-corrected chi connectivity index (χ0v) is 13.2. The van der Waals surface area contributed by atoms with Gasteiger partial charge < -0.3 is 10.1 Å². The number of nitrogens with zero attached hydrogens (tertiary/aromatic N) is 4. The van der Waals surface area contributed by atoms with Crippen molar-refractivity contribution >= 4 is 5.82 Å². The number of rotatable bonds is 7. The van der Waals surface area contributed by atoms with Crippen LogP contribution in [0.15, 0.2) is 12.3 Å².